The van der Waals surface area contributed by atoms with E-state index in [4.69, 9.17) is 0 Å². The fourth-order valence-electron chi connectivity index (χ4n) is 3.92. The lowest BCUT2D eigenvalue weighted by atomic mass is 9.73. The smallest absolute Gasteiger partial charge is 0.337 e. The van der Waals surface area contributed by atoms with Crippen LogP contribution in [0.3, 0.4) is 0 Å². The molecule has 0 unspecified atom stereocenters. The number of methoxy groups -OCH3 is 1. The maximum atomic E-state index is 12.9. The molecule has 8 heteroatoms. The lowest BCUT2D eigenvalue weighted by Crippen LogP contribution is -2.54. The molecule has 28 heavy (non-hydrogen) atoms. The average Bonchev–Trinajstić information content (AvgIpc) is 2.93. The summed E-state index contributed by atoms with van der Waals surface area (Å²) in [6.45, 7) is 1.89. The van der Waals surface area contributed by atoms with Gasteiger partial charge in [-0.05, 0) is 36.5 Å². The van der Waals surface area contributed by atoms with Gasteiger partial charge in [0, 0.05) is 6.54 Å². The summed E-state index contributed by atoms with van der Waals surface area (Å²) in [7, 11) is 1.31. The number of esters is 1. The third-order valence-corrected chi connectivity index (χ3v) is 5.67. The van der Waals surface area contributed by atoms with Crippen LogP contribution in [0.15, 0.2) is 24.3 Å². The molecule has 1 heterocycles. The quantitative estimate of drug-likeness (QED) is 0.590. The monoisotopic (exact) mass is 387 g/mol. The predicted molar refractivity (Wildman–Crippen MR) is 100 cm³/mol. The summed E-state index contributed by atoms with van der Waals surface area (Å²) in [5, 5.41) is 5.54. The maximum absolute atomic E-state index is 12.9. The first-order chi connectivity index (χ1) is 13.4. The highest BCUT2D eigenvalue weighted by Gasteiger charge is 2.55. The summed E-state index contributed by atoms with van der Waals surface area (Å²) >= 11 is 0. The molecule has 2 atom stereocenters. The second-order valence-corrected chi connectivity index (χ2v) is 7.40. The van der Waals surface area contributed by atoms with Gasteiger partial charge in [0.2, 0.25) is 5.91 Å². The van der Waals surface area contributed by atoms with E-state index in [0.29, 0.717) is 12.0 Å². The van der Waals surface area contributed by atoms with Gasteiger partial charge < -0.3 is 15.4 Å². The molecule has 0 aromatic heterocycles. The Kier molecular flexibility index (Phi) is 5.67. The van der Waals surface area contributed by atoms with Crippen molar-refractivity contribution in [2.75, 3.05) is 13.7 Å². The third kappa shape index (κ3) is 3.72. The molecular weight excluding hydrogens is 362 g/mol. The highest BCUT2D eigenvalue weighted by atomic mass is 16.5. The summed E-state index contributed by atoms with van der Waals surface area (Å²) < 4.78 is 4.64. The van der Waals surface area contributed by atoms with Crippen LogP contribution in [0.25, 0.3) is 0 Å². The topological polar surface area (TPSA) is 105 Å². The van der Waals surface area contributed by atoms with E-state index in [1.165, 1.54) is 7.11 Å². The standard InChI is InChI=1S/C20H25N3O5/c1-13-5-3-4-10-20(13)18(26)23(19(27)22-20)12-16(24)21-11-14-6-8-15(9-7-14)17(25)28-2/h6-9,13H,3-5,10-12H2,1-2H3,(H,21,24)(H,22,27)/t13-,20+/m0/s1. The number of nitrogens with zero attached hydrogens (tertiary/aromatic N) is 1. The average molecular weight is 387 g/mol. The molecule has 1 saturated heterocycles. The van der Waals surface area contributed by atoms with Gasteiger partial charge in [-0.1, -0.05) is 31.9 Å². The molecule has 150 valence electrons. The van der Waals surface area contributed by atoms with Gasteiger partial charge in [-0.15, -0.1) is 0 Å². The number of urea groups is 1. The van der Waals surface area contributed by atoms with Crippen LogP contribution in [0.2, 0.25) is 0 Å². The van der Waals surface area contributed by atoms with Crippen LogP contribution >= 0.6 is 0 Å². The van der Waals surface area contributed by atoms with Crippen molar-refractivity contribution in [1.82, 2.24) is 15.5 Å². The summed E-state index contributed by atoms with van der Waals surface area (Å²) in [5.41, 5.74) is 0.346. The number of hydrogen-bond donors (Lipinski definition) is 2. The second kappa shape index (κ2) is 8.00. The van der Waals surface area contributed by atoms with Crippen molar-refractivity contribution in [3.63, 3.8) is 0 Å². The Morgan fingerprint density at radius 3 is 2.61 bits per heavy atom. The Labute approximate surface area is 163 Å². The Hall–Kier alpha value is -2.90. The maximum Gasteiger partial charge on any atom is 0.337 e. The van der Waals surface area contributed by atoms with Crippen LogP contribution in [0.1, 0.15) is 48.5 Å². The van der Waals surface area contributed by atoms with Crippen LogP contribution in [0, 0.1) is 5.92 Å². The minimum atomic E-state index is -0.862. The van der Waals surface area contributed by atoms with Crippen molar-refractivity contribution in [2.45, 2.75) is 44.7 Å². The Bertz CT molecular complexity index is 792. The van der Waals surface area contributed by atoms with Crippen molar-refractivity contribution in [3.8, 4) is 0 Å². The van der Waals surface area contributed by atoms with Crippen molar-refractivity contribution in [3.05, 3.63) is 35.4 Å². The summed E-state index contributed by atoms with van der Waals surface area (Å²) in [6, 6.07) is 6.13. The van der Waals surface area contributed by atoms with E-state index in [1.54, 1.807) is 24.3 Å². The SMILES string of the molecule is COC(=O)c1ccc(CNC(=O)CN2C(=O)N[C@@]3(CCCC[C@@H]3C)C2=O)cc1. The fraction of sp³-hybridized carbons (Fsp3) is 0.500. The molecule has 1 saturated carbocycles. The minimum Gasteiger partial charge on any atom is -0.465 e. The van der Waals surface area contributed by atoms with Crippen LogP contribution in [-0.4, -0.2) is 47.9 Å². The first kappa shape index (κ1) is 19.9. The molecule has 3 rings (SSSR count). The van der Waals surface area contributed by atoms with Gasteiger partial charge in [0.05, 0.1) is 12.7 Å². The van der Waals surface area contributed by atoms with Gasteiger partial charge in [0.15, 0.2) is 0 Å². The Morgan fingerprint density at radius 2 is 1.96 bits per heavy atom. The van der Waals surface area contributed by atoms with Crippen LogP contribution in [-0.2, 0) is 20.9 Å². The van der Waals surface area contributed by atoms with Crippen molar-refractivity contribution in [1.29, 1.82) is 0 Å². The molecule has 2 aliphatic rings. The van der Waals surface area contributed by atoms with E-state index >= 15 is 0 Å². The van der Waals surface area contributed by atoms with Crippen molar-refractivity contribution < 1.29 is 23.9 Å². The number of benzene rings is 1. The van der Waals surface area contributed by atoms with Gasteiger partial charge in [0.1, 0.15) is 12.1 Å². The van der Waals surface area contributed by atoms with Gasteiger partial charge in [-0.25, -0.2) is 9.59 Å². The number of carbonyl (C=O) groups is 4. The largest absolute Gasteiger partial charge is 0.465 e. The first-order valence-corrected chi connectivity index (χ1v) is 9.45. The summed E-state index contributed by atoms with van der Waals surface area (Å²) in [6.07, 6.45) is 3.43. The van der Waals surface area contributed by atoms with Gasteiger partial charge in [-0.2, -0.15) is 0 Å². The molecule has 1 aromatic carbocycles. The molecule has 1 aromatic rings. The number of imide groups is 1. The van der Waals surface area contributed by atoms with Gasteiger partial charge >= 0.3 is 12.0 Å². The summed E-state index contributed by atoms with van der Waals surface area (Å²) in [5.74, 6) is -1.09. The van der Waals surface area contributed by atoms with E-state index in [-0.39, 0.29) is 24.9 Å². The lowest BCUT2D eigenvalue weighted by molar-refractivity contribution is -0.137. The van der Waals surface area contributed by atoms with Crippen LogP contribution in [0.5, 0.6) is 0 Å². The fourth-order valence-corrected chi connectivity index (χ4v) is 3.92. The van der Waals surface area contributed by atoms with Crippen molar-refractivity contribution >= 4 is 23.8 Å². The first-order valence-electron chi connectivity index (χ1n) is 9.45. The van der Waals surface area contributed by atoms with E-state index in [1.807, 2.05) is 6.92 Å². The molecule has 1 spiro atoms. The lowest BCUT2D eigenvalue weighted by Gasteiger charge is -2.36. The normalized spacial score (nSPS) is 24.2. The molecule has 2 fully saturated rings. The van der Waals surface area contributed by atoms with E-state index in [2.05, 4.69) is 15.4 Å². The van der Waals surface area contributed by atoms with Crippen LogP contribution in [0.4, 0.5) is 4.79 Å². The zero-order chi connectivity index (χ0) is 20.3. The molecule has 1 aliphatic carbocycles. The number of amides is 4. The number of nitrogens with one attached hydrogen (secondary N) is 2. The third-order valence-electron chi connectivity index (χ3n) is 5.67. The second-order valence-electron chi connectivity index (χ2n) is 7.40. The molecule has 8 nitrogen and oxygen atoms in total. The highest BCUT2D eigenvalue weighted by molar-refractivity contribution is 6.09. The predicted octanol–water partition coefficient (Wildman–Crippen LogP) is 1.59. The zero-order valence-electron chi connectivity index (χ0n) is 16.1. The molecule has 0 radical (unpaired) electrons. The van der Waals surface area contributed by atoms with Gasteiger partial charge in [0.25, 0.3) is 5.91 Å². The molecule has 4 amide bonds. The molecule has 1 aliphatic heterocycles. The van der Waals surface area contributed by atoms with Crippen LogP contribution < -0.4 is 10.6 Å². The molecule has 2 N–H and O–H groups in total. The van der Waals surface area contributed by atoms with Gasteiger partial charge in [-0.3, -0.25) is 14.5 Å². The molecular formula is C20H25N3O5. The zero-order valence-corrected chi connectivity index (χ0v) is 16.1. The van der Waals surface area contributed by atoms with Crippen molar-refractivity contribution in [2.24, 2.45) is 5.92 Å². The highest BCUT2D eigenvalue weighted by Crippen LogP contribution is 2.38. The Morgan fingerprint density at radius 1 is 1.25 bits per heavy atom. The minimum absolute atomic E-state index is 0.0547. The number of carbonyl (C=O) groups excluding carboxylic acids is 4. The Balaban J connectivity index is 1.57. The van der Waals surface area contributed by atoms with E-state index < -0.39 is 23.4 Å². The number of ether oxygens (including phenoxy) is 1. The number of hydrogen-bond acceptors (Lipinski definition) is 5. The number of rotatable bonds is 5. The molecule has 0 bridgehead atoms. The van der Waals surface area contributed by atoms with E-state index in [9.17, 15) is 19.2 Å². The summed E-state index contributed by atoms with van der Waals surface area (Å²) in [4.78, 5) is 49.9. The van der Waals surface area contributed by atoms with E-state index in [0.717, 1.165) is 29.7 Å².